The highest BCUT2D eigenvalue weighted by Crippen LogP contribution is 2.34. The standard InChI is InChI=1S/C33H39N5O8/c1-20-16-38(21(2)18-39)31(40)14-22-13-24(35-32(41)34-23-5-9-26(43-4)10-6-23)7-11-27(22)46-30(20)17-37(3)33(42)36-25-8-12-28-29(15-25)45-19-44-28/h5-13,15,20-21,30,39H,14,16-19H2,1-4H3,(H,36,42)(H2,34,35,41)/t20-,21-,30+/m1/s1. The molecular formula is C33H39N5O8. The fourth-order valence-corrected chi connectivity index (χ4v) is 5.24. The maximum atomic E-state index is 13.5. The van der Waals surface area contributed by atoms with Gasteiger partial charge >= 0.3 is 12.1 Å². The largest absolute Gasteiger partial charge is 0.497 e. The summed E-state index contributed by atoms with van der Waals surface area (Å²) in [5.74, 6) is 1.91. The third-order valence-corrected chi connectivity index (χ3v) is 7.95. The summed E-state index contributed by atoms with van der Waals surface area (Å²) < 4.78 is 22.4. The molecule has 2 heterocycles. The van der Waals surface area contributed by atoms with Crippen LogP contribution in [0, 0.1) is 5.92 Å². The Balaban J connectivity index is 1.33. The van der Waals surface area contributed by atoms with Crippen LogP contribution in [-0.2, 0) is 11.2 Å². The Morgan fingerprint density at radius 1 is 0.978 bits per heavy atom. The van der Waals surface area contributed by atoms with Gasteiger partial charge in [-0.2, -0.15) is 0 Å². The first-order chi connectivity index (χ1) is 22.1. The molecule has 0 radical (unpaired) electrons. The summed E-state index contributed by atoms with van der Waals surface area (Å²) in [5, 5.41) is 18.4. The number of ether oxygens (including phenoxy) is 4. The van der Waals surface area contributed by atoms with E-state index in [4.69, 9.17) is 18.9 Å². The number of carbonyl (C=O) groups excluding carboxylic acids is 3. The predicted octanol–water partition coefficient (Wildman–Crippen LogP) is 4.38. The van der Waals surface area contributed by atoms with Gasteiger partial charge in [-0.1, -0.05) is 6.92 Å². The van der Waals surface area contributed by atoms with Crippen LogP contribution in [-0.4, -0.2) is 85.7 Å². The second kappa shape index (κ2) is 14.3. The molecule has 0 saturated heterocycles. The van der Waals surface area contributed by atoms with E-state index in [0.29, 0.717) is 52.2 Å². The monoisotopic (exact) mass is 633 g/mol. The van der Waals surface area contributed by atoms with Crippen molar-refractivity contribution in [1.82, 2.24) is 9.80 Å². The lowest BCUT2D eigenvalue weighted by molar-refractivity contribution is -0.134. The first-order valence-electron chi connectivity index (χ1n) is 15.0. The van der Waals surface area contributed by atoms with Crippen molar-refractivity contribution in [1.29, 1.82) is 0 Å². The number of carbonyl (C=O) groups is 3. The lowest BCUT2D eigenvalue weighted by Gasteiger charge is -2.34. The SMILES string of the molecule is COc1ccc(NC(=O)Nc2ccc3c(c2)CC(=O)N([C@H](C)CO)C[C@@H](C)[C@H](CN(C)C(=O)Nc2ccc4c(c2)OCO4)O3)cc1. The van der Waals surface area contributed by atoms with E-state index in [-0.39, 0.29) is 44.2 Å². The highest BCUT2D eigenvalue weighted by molar-refractivity contribution is 6.00. The average molecular weight is 634 g/mol. The van der Waals surface area contributed by atoms with E-state index >= 15 is 0 Å². The molecule has 46 heavy (non-hydrogen) atoms. The van der Waals surface area contributed by atoms with Crippen molar-refractivity contribution in [3.05, 3.63) is 66.2 Å². The zero-order valence-electron chi connectivity index (χ0n) is 26.2. The molecule has 5 amide bonds. The van der Waals surface area contributed by atoms with Gasteiger partial charge in [0.05, 0.1) is 32.7 Å². The molecule has 0 saturated carbocycles. The minimum atomic E-state index is -0.511. The molecule has 3 atom stereocenters. The smallest absolute Gasteiger partial charge is 0.323 e. The number of aliphatic hydroxyl groups is 1. The highest BCUT2D eigenvalue weighted by atomic mass is 16.7. The molecule has 3 aromatic rings. The maximum Gasteiger partial charge on any atom is 0.323 e. The van der Waals surface area contributed by atoms with E-state index in [1.165, 1.54) is 4.90 Å². The van der Waals surface area contributed by atoms with E-state index in [0.717, 1.165) is 0 Å². The number of hydrogen-bond donors (Lipinski definition) is 4. The van der Waals surface area contributed by atoms with Crippen LogP contribution in [0.3, 0.4) is 0 Å². The lowest BCUT2D eigenvalue weighted by atomic mass is 10.0. The number of aliphatic hydroxyl groups excluding tert-OH is 1. The first-order valence-corrected chi connectivity index (χ1v) is 15.0. The van der Waals surface area contributed by atoms with E-state index in [1.807, 2.05) is 6.92 Å². The van der Waals surface area contributed by atoms with Crippen molar-refractivity contribution in [2.24, 2.45) is 5.92 Å². The third-order valence-electron chi connectivity index (χ3n) is 7.95. The first kappa shape index (κ1) is 32.2. The van der Waals surface area contributed by atoms with Crippen LogP contribution in [0.15, 0.2) is 60.7 Å². The van der Waals surface area contributed by atoms with Gasteiger partial charge in [0, 0.05) is 48.2 Å². The number of anilines is 3. The number of hydrogen-bond acceptors (Lipinski definition) is 8. The summed E-state index contributed by atoms with van der Waals surface area (Å²) >= 11 is 0. The van der Waals surface area contributed by atoms with Crippen LogP contribution in [0.4, 0.5) is 26.7 Å². The van der Waals surface area contributed by atoms with E-state index in [1.54, 1.807) is 86.6 Å². The van der Waals surface area contributed by atoms with Crippen molar-refractivity contribution >= 4 is 35.0 Å². The molecule has 3 aromatic carbocycles. The molecule has 0 spiro atoms. The second-order valence-electron chi connectivity index (χ2n) is 11.4. The Kier molecular flexibility index (Phi) is 10.0. The van der Waals surface area contributed by atoms with Crippen molar-refractivity contribution in [3.63, 3.8) is 0 Å². The summed E-state index contributed by atoms with van der Waals surface area (Å²) in [6.07, 6.45) is -0.516. The maximum absolute atomic E-state index is 13.5. The Morgan fingerprint density at radius 2 is 1.63 bits per heavy atom. The molecule has 13 nitrogen and oxygen atoms in total. The summed E-state index contributed by atoms with van der Waals surface area (Å²) in [6.45, 7) is 4.17. The molecule has 0 aliphatic carbocycles. The number of urea groups is 2. The fraction of sp³-hybridized carbons (Fsp3) is 0.364. The van der Waals surface area contributed by atoms with E-state index in [9.17, 15) is 19.5 Å². The van der Waals surface area contributed by atoms with Crippen LogP contribution in [0.25, 0.3) is 0 Å². The fourth-order valence-electron chi connectivity index (χ4n) is 5.24. The van der Waals surface area contributed by atoms with Gasteiger partial charge in [0.1, 0.15) is 17.6 Å². The number of methoxy groups -OCH3 is 1. The van der Waals surface area contributed by atoms with Gasteiger partial charge in [0.25, 0.3) is 0 Å². The van der Waals surface area contributed by atoms with Crippen molar-refractivity contribution in [2.45, 2.75) is 32.4 Å². The van der Waals surface area contributed by atoms with Crippen molar-refractivity contribution < 1.29 is 38.4 Å². The normalized spacial score (nSPS) is 17.8. The molecule has 2 aliphatic rings. The molecule has 5 rings (SSSR count). The molecule has 0 fully saturated rings. The number of fused-ring (bicyclic) bond motifs is 2. The topological polar surface area (TPSA) is 151 Å². The molecule has 4 N–H and O–H groups in total. The van der Waals surface area contributed by atoms with Crippen LogP contribution in [0.2, 0.25) is 0 Å². The van der Waals surface area contributed by atoms with Gasteiger partial charge in [0.15, 0.2) is 11.5 Å². The molecule has 13 heteroatoms. The average Bonchev–Trinajstić information content (AvgIpc) is 3.53. The quantitative estimate of drug-likeness (QED) is 0.285. The van der Waals surface area contributed by atoms with Crippen LogP contribution in [0.1, 0.15) is 19.4 Å². The predicted molar refractivity (Wildman–Crippen MR) is 172 cm³/mol. The summed E-state index contributed by atoms with van der Waals surface area (Å²) in [7, 11) is 3.23. The molecule has 0 bridgehead atoms. The lowest BCUT2D eigenvalue weighted by Crippen LogP contribution is -2.48. The Labute approximate surface area is 267 Å². The van der Waals surface area contributed by atoms with E-state index in [2.05, 4.69) is 16.0 Å². The number of nitrogens with one attached hydrogen (secondary N) is 3. The molecule has 2 aliphatic heterocycles. The number of amides is 5. The highest BCUT2D eigenvalue weighted by Gasteiger charge is 2.32. The molecule has 0 aromatic heterocycles. The van der Waals surface area contributed by atoms with Gasteiger partial charge < -0.3 is 49.8 Å². The number of likely N-dealkylation sites (N-methyl/N-ethyl adjacent to an activating group) is 1. The van der Waals surface area contributed by atoms with Gasteiger partial charge in [-0.3, -0.25) is 4.79 Å². The molecule has 244 valence electrons. The number of rotatable bonds is 8. The van der Waals surface area contributed by atoms with Gasteiger partial charge in [0.2, 0.25) is 12.7 Å². The summed E-state index contributed by atoms with van der Waals surface area (Å²) in [5.41, 5.74) is 2.16. The van der Waals surface area contributed by atoms with E-state index < -0.39 is 18.2 Å². The van der Waals surface area contributed by atoms with Gasteiger partial charge in [-0.05, 0) is 61.5 Å². The molecular weight excluding hydrogens is 594 g/mol. The number of benzene rings is 3. The Morgan fingerprint density at radius 3 is 2.35 bits per heavy atom. The van der Waals surface area contributed by atoms with Crippen LogP contribution in [0.5, 0.6) is 23.0 Å². The van der Waals surface area contributed by atoms with Crippen molar-refractivity contribution in [2.75, 3.05) is 56.6 Å². The Hall–Kier alpha value is -5.17. The van der Waals surface area contributed by atoms with Gasteiger partial charge in [-0.25, -0.2) is 9.59 Å². The molecule has 0 unspecified atom stereocenters. The number of nitrogens with zero attached hydrogens (tertiary/aromatic N) is 2. The Bertz CT molecular complexity index is 1570. The zero-order valence-corrected chi connectivity index (χ0v) is 26.2. The van der Waals surface area contributed by atoms with Gasteiger partial charge in [-0.15, -0.1) is 0 Å². The minimum absolute atomic E-state index is 0.00479. The summed E-state index contributed by atoms with van der Waals surface area (Å²) in [4.78, 5) is 42.6. The van der Waals surface area contributed by atoms with Crippen molar-refractivity contribution in [3.8, 4) is 23.0 Å². The van der Waals surface area contributed by atoms with Crippen LogP contribution >= 0.6 is 0 Å². The third kappa shape index (κ3) is 7.72. The zero-order chi connectivity index (χ0) is 32.8. The minimum Gasteiger partial charge on any atom is -0.497 e. The van der Waals surface area contributed by atoms with Crippen LogP contribution < -0.4 is 34.9 Å². The summed E-state index contributed by atoms with van der Waals surface area (Å²) in [6, 6.07) is 16.0. The second-order valence-corrected chi connectivity index (χ2v) is 11.4.